The third-order valence-electron chi connectivity index (χ3n) is 4.60. The summed E-state index contributed by atoms with van der Waals surface area (Å²) in [7, 11) is 0. The number of carbonyl (C=O) groups is 1. The first kappa shape index (κ1) is 20.1. The van der Waals surface area contributed by atoms with Crippen LogP contribution in [0.2, 0.25) is 0 Å². The number of nitrogens with two attached hydrogens (primary N) is 1. The second kappa shape index (κ2) is 9.50. The number of benzene rings is 1. The smallest absolute Gasteiger partial charge is 0.259 e. The molecule has 0 atom stereocenters. The molecular formula is C21H29N5O2. The molecule has 0 unspecified atom stereocenters. The van der Waals surface area contributed by atoms with Crippen molar-refractivity contribution < 1.29 is 9.53 Å². The molecular weight excluding hydrogens is 354 g/mol. The lowest BCUT2D eigenvalue weighted by atomic mass is 10.1. The summed E-state index contributed by atoms with van der Waals surface area (Å²) in [5.41, 5.74) is 7.34. The van der Waals surface area contributed by atoms with Gasteiger partial charge in [-0.3, -0.25) is 9.69 Å². The Morgan fingerprint density at radius 3 is 2.93 bits per heavy atom. The van der Waals surface area contributed by atoms with E-state index in [1.807, 2.05) is 32.0 Å². The topological polar surface area (TPSA) is 93.4 Å². The number of amides is 1. The van der Waals surface area contributed by atoms with Crippen LogP contribution in [0.5, 0.6) is 5.75 Å². The number of fused-ring (bicyclic) bond motifs is 1. The predicted octanol–water partition coefficient (Wildman–Crippen LogP) is 3.01. The van der Waals surface area contributed by atoms with Crippen molar-refractivity contribution in [2.45, 2.75) is 45.6 Å². The molecule has 0 aliphatic carbocycles. The van der Waals surface area contributed by atoms with E-state index < -0.39 is 0 Å². The zero-order valence-corrected chi connectivity index (χ0v) is 16.6. The highest BCUT2D eigenvalue weighted by Gasteiger charge is 2.22. The van der Waals surface area contributed by atoms with Crippen molar-refractivity contribution in [2.24, 2.45) is 5.73 Å². The molecule has 7 heteroatoms. The minimum atomic E-state index is -0.0587. The highest BCUT2D eigenvalue weighted by Crippen LogP contribution is 2.27. The van der Waals surface area contributed by atoms with Gasteiger partial charge >= 0.3 is 0 Å². The van der Waals surface area contributed by atoms with Crippen LogP contribution < -0.4 is 20.7 Å². The molecule has 3 rings (SSSR count). The molecule has 0 spiro atoms. The summed E-state index contributed by atoms with van der Waals surface area (Å²) in [6.07, 6.45) is 5.31. The molecule has 1 aliphatic rings. The number of carbonyl (C=O) groups excluding carboxylic acids is 1. The maximum Gasteiger partial charge on any atom is 0.259 e. The zero-order chi connectivity index (χ0) is 19.9. The molecule has 0 saturated heterocycles. The number of anilines is 2. The molecule has 150 valence electrons. The summed E-state index contributed by atoms with van der Waals surface area (Å²) in [6, 6.07) is 7.64. The monoisotopic (exact) mass is 383 g/mol. The van der Waals surface area contributed by atoms with Crippen molar-refractivity contribution in [1.82, 2.24) is 9.97 Å². The van der Waals surface area contributed by atoms with Gasteiger partial charge in [0.05, 0.1) is 6.61 Å². The fourth-order valence-electron chi connectivity index (χ4n) is 3.21. The number of aromatic nitrogens is 2. The Morgan fingerprint density at radius 2 is 2.14 bits per heavy atom. The van der Waals surface area contributed by atoms with E-state index in [9.17, 15) is 4.79 Å². The van der Waals surface area contributed by atoms with Crippen LogP contribution >= 0.6 is 0 Å². The second-order valence-corrected chi connectivity index (χ2v) is 7.26. The first-order chi connectivity index (χ1) is 13.6. The number of ether oxygens (including phenoxy) is 1. The van der Waals surface area contributed by atoms with E-state index >= 15 is 0 Å². The van der Waals surface area contributed by atoms with Gasteiger partial charge in [0.15, 0.2) is 0 Å². The highest BCUT2D eigenvalue weighted by molar-refractivity contribution is 6.05. The third kappa shape index (κ3) is 4.98. The van der Waals surface area contributed by atoms with Crippen LogP contribution in [0.25, 0.3) is 0 Å². The fourth-order valence-corrected chi connectivity index (χ4v) is 3.21. The molecule has 0 saturated carbocycles. The Hall–Kier alpha value is -2.67. The molecule has 0 bridgehead atoms. The van der Waals surface area contributed by atoms with E-state index in [2.05, 4.69) is 15.3 Å². The molecule has 28 heavy (non-hydrogen) atoms. The quantitative estimate of drug-likeness (QED) is 0.647. The van der Waals surface area contributed by atoms with Crippen molar-refractivity contribution >= 4 is 17.7 Å². The summed E-state index contributed by atoms with van der Waals surface area (Å²) in [5, 5.41) is 3.20. The average molecular weight is 383 g/mol. The SMILES string of the molecule is CC(C)Nc1nccc(N(CCCCCN)C(=O)c2ccc3c(c2)CCO3)n1. The Labute approximate surface area is 166 Å². The van der Waals surface area contributed by atoms with Gasteiger partial charge in [0, 0.05) is 30.8 Å². The number of hydrogen-bond acceptors (Lipinski definition) is 6. The number of nitrogens with one attached hydrogen (secondary N) is 1. The molecule has 0 radical (unpaired) electrons. The summed E-state index contributed by atoms with van der Waals surface area (Å²) in [6.45, 7) is 5.97. The van der Waals surface area contributed by atoms with Crippen LogP contribution in [-0.4, -0.2) is 41.6 Å². The third-order valence-corrected chi connectivity index (χ3v) is 4.60. The van der Waals surface area contributed by atoms with Gasteiger partial charge in [0.1, 0.15) is 11.6 Å². The maximum atomic E-state index is 13.3. The first-order valence-corrected chi connectivity index (χ1v) is 9.95. The number of rotatable bonds is 9. The second-order valence-electron chi connectivity index (χ2n) is 7.26. The average Bonchev–Trinajstić information content (AvgIpc) is 3.15. The van der Waals surface area contributed by atoms with Crippen molar-refractivity contribution in [3.8, 4) is 5.75 Å². The van der Waals surface area contributed by atoms with Gasteiger partial charge in [-0.15, -0.1) is 0 Å². The zero-order valence-electron chi connectivity index (χ0n) is 16.6. The maximum absolute atomic E-state index is 13.3. The number of unbranched alkanes of at least 4 members (excludes halogenated alkanes) is 2. The number of nitrogens with zero attached hydrogens (tertiary/aromatic N) is 3. The molecule has 1 aromatic carbocycles. The van der Waals surface area contributed by atoms with Crippen molar-refractivity contribution in [2.75, 3.05) is 29.9 Å². The Kier molecular flexibility index (Phi) is 6.81. The Bertz CT molecular complexity index is 809. The molecule has 0 fully saturated rings. The minimum absolute atomic E-state index is 0.0587. The Morgan fingerprint density at radius 1 is 1.29 bits per heavy atom. The van der Waals surface area contributed by atoms with Gasteiger partial charge < -0.3 is 15.8 Å². The van der Waals surface area contributed by atoms with Crippen LogP contribution in [-0.2, 0) is 6.42 Å². The lowest BCUT2D eigenvalue weighted by Crippen LogP contribution is -2.33. The number of hydrogen-bond donors (Lipinski definition) is 2. The van der Waals surface area contributed by atoms with Gasteiger partial charge in [-0.05, 0) is 63.1 Å². The van der Waals surface area contributed by atoms with E-state index in [0.717, 1.165) is 37.0 Å². The van der Waals surface area contributed by atoms with Gasteiger partial charge in [0.25, 0.3) is 5.91 Å². The molecule has 1 amide bonds. The van der Waals surface area contributed by atoms with Gasteiger partial charge in [-0.1, -0.05) is 6.42 Å². The van der Waals surface area contributed by atoms with Crippen molar-refractivity contribution in [1.29, 1.82) is 0 Å². The summed E-state index contributed by atoms with van der Waals surface area (Å²) < 4.78 is 5.56. The Balaban J connectivity index is 1.84. The van der Waals surface area contributed by atoms with Gasteiger partial charge in [-0.2, -0.15) is 4.98 Å². The molecule has 2 aromatic rings. The highest BCUT2D eigenvalue weighted by atomic mass is 16.5. The summed E-state index contributed by atoms with van der Waals surface area (Å²) in [4.78, 5) is 23.9. The molecule has 7 nitrogen and oxygen atoms in total. The van der Waals surface area contributed by atoms with Crippen LogP contribution in [0, 0.1) is 0 Å². The summed E-state index contributed by atoms with van der Waals surface area (Å²) >= 11 is 0. The van der Waals surface area contributed by atoms with E-state index in [1.165, 1.54) is 0 Å². The van der Waals surface area contributed by atoms with E-state index in [0.29, 0.717) is 37.0 Å². The van der Waals surface area contributed by atoms with E-state index in [1.54, 1.807) is 17.2 Å². The summed E-state index contributed by atoms with van der Waals surface area (Å²) in [5.74, 6) is 1.94. The van der Waals surface area contributed by atoms with Gasteiger partial charge in [-0.25, -0.2) is 4.98 Å². The van der Waals surface area contributed by atoms with Crippen molar-refractivity contribution in [3.63, 3.8) is 0 Å². The molecule has 3 N–H and O–H groups in total. The first-order valence-electron chi connectivity index (χ1n) is 9.95. The fraction of sp³-hybridized carbons (Fsp3) is 0.476. The predicted molar refractivity (Wildman–Crippen MR) is 111 cm³/mol. The molecule has 1 aliphatic heterocycles. The lowest BCUT2D eigenvalue weighted by Gasteiger charge is -2.23. The normalized spacial score (nSPS) is 12.6. The van der Waals surface area contributed by atoms with Crippen LogP contribution in [0.15, 0.2) is 30.5 Å². The largest absolute Gasteiger partial charge is 0.493 e. The van der Waals surface area contributed by atoms with Crippen LogP contribution in [0.1, 0.15) is 49.0 Å². The lowest BCUT2D eigenvalue weighted by molar-refractivity contribution is 0.0985. The van der Waals surface area contributed by atoms with E-state index in [4.69, 9.17) is 10.5 Å². The minimum Gasteiger partial charge on any atom is -0.493 e. The standard InChI is InChI=1S/C21H29N5O2/c1-15(2)24-21-23-11-8-19(25-21)26(12-5-3-4-10-22)20(27)17-6-7-18-16(14-17)9-13-28-18/h6-8,11,14-15H,3-5,9-10,12-13,22H2,1-2H3,(H,23,24,25). The van der Waals surface area contributed by atoms with Crippen LogP contribution in [0.4, 0.5) is 11.8 Å². The molecule has 1 aromatic heterocycles. The van der Waals surface area contributed by atoms with Crippen LogP contribution in [0.3, 0.4) is 0 Å². The van der Waals surface area contributed by atoms with Gasteiger partial charge in [0.2, 0.25) is 5.95 Å². The van der Waals surface area contributed by atoms with E-state index in [-0.39, 0.29) is 11.9 Å². The molecule has 2 heterocycles. The van der Waals surface area contributed by atoms with Crippen molar-refractivity contribution in [3.05, 3.63) is 41.6 Å².